The first-order valence-corrected chi connectivity index (χ1v) is 5.23. The molecule has 0 aliphatic carbocycles. The van der Waals surface area contributed by atoms with Gasteiger partial charge in [0.15, 0.2) is 5.82 Å². The number of benzene rings is 1. The summed E-state index contributed by atoms with van der Waals surface area (Å²) in [6.45, 7) is 2.52. The smallest absolute Gasteiger partial charge is 0.164 e. The Morgan fingerprint density at radius 1 is 1.18 bits per heavy atom. The fourth-order valence-electron chi connectivity index (χ4n) is 1.90. The highest BCUT2D eigenvalue weighted by Crippen LogP contribution is 2.19. The SMILES string of the molecule is Cl.Fc1ccc(-c2nnc3n2CCNC3)cc1. The summed E-state index contributed by atoms with van der Waals surface area (Å²) in [5.41, 5.74) is 0.905. The quantitative estimate of drug-likeness (QED) is 0.841. The summed E-state index contributed by atoms with van der Waals surface area (Å²) in [4.78, 5) is 0. The lowest BCUT2D eigenvalue weighted by molar-refractivity contribution is 0.508. The van der Waals surface area contributed by atoms with Crippen molar-refractivity contribution in [3.05, 3.63) is 35.9 Å². The van der Waals surface area contributed by atoms with Gasteiger partial charge >= 0.3 is 0 Å². The number of hydrogen-bond donors (Lipinski definition) is 1. The van der Waals surface area contributed by atoms with Crippen LogP contribution in [-0.2, 0) is 13.1 Å². The summed E-state index contributed by atoms with van der Waals surface area (Å²) in [5, 5.41) is 11.5. The highest BCUT2D eigenvalue weighted by atomic mass is 35.5. The van der Waals surface area contributed by atoms with Crippen molar-refractivity contribution in [2.75, 3.05) is 6.54 Å². The van der Waals surface area contributed by atoms with E-state index in [1.807, 2.05) is 0 Å². The van der Waals surface area contributed by atoms with E-state index in [1.165, 1.54) is 12.1 Å². The Morgan fingerprint density at radius 2 is 1.94 bits per heavy atom. The van der Waals surface area contributed by atoms with Crippen LogP contribution in [0, 0.1) is 5.82 Å². The molecule has 2 heterocycles. The minimum atomic E-state index is -0.233. The molecule has 6 heteroatoms. The van der Waals surface area contributed by atoms with Crippen molar-refractivity contribution >= 4 is 12.4 Å². The molecule has 0 amide bonds. The van der Waals surface area contributed by atoms with E-state index in [1.54, 1.807) is 12.1 Å². The fourth-order valence-corrected chi connectivity index (χ4v) is 1.90. The van der Waals surface area contributed by atoms with Gasteiger partial charge in [0.1, 0.15) is 11.6 Å². The minimum absolute atomic E-state index is 0. The molecule has 0 atom stereocenters. The van der Waals surface area contributed by atoms with E-state index >= 15 is 0 Å². The lowest BCUT2D eigenvalue weighted by atomic mass is 10.2. The van der Waals surface area contributed by atoms with Crippen LogP contribution in [0.3, 0.4) is 0 Å². The van der Waals surface area contributed by atoms with Crippen molar-refractivity contribution in [2.24, 2.45) is 0 Å². The zero-order valence-electron chi connectivity index (χ0n) is 9.06. The van der Waals surface area contributed by atoms with Crippen LogP contribution in [0.2, 0.25) is 0 Å². The molecule has 4 nitrogen and oxygen atoms in total. The number of halogens is 2. The second-order valence-electron chi connectivity index (χ2n) is 3.78. The molecule has 17 heavy (non-hydrogen) atoms. The van der Waals surface area contributed by atoms with Gasteiger partial charge in [0, 0.05) is 18.7 Å². The van der Waals surface area contributed by atoms with E-state index in [-0.39, 0.29) is 18.2 Å². The van der Waals surface area contributed by atoms with Crippen molar-refractivity contribution in [2.45, 2.75) is 13.1 Å². The maximum absolute atomic E-state index is 12.8. The van der Waals surface area contributed by atoms with Gasteiger partial charge in [-0.25, -0.2) is 4.39 Å². The first kappa shape index (κ1) is 12.0. The molecule has 0 spiro atoms. The van der Waals surface area contributed by atoms with Gasteiger partial charge in [0.25, 0.3) is 0 Å². The first-order valence-electron chi connectivity index (χ1n) is 5.23. The normalized spacial score (nSPS) is 13.9. The number of nitrogens with one attached hydrogen (secondary N) is 1. The van der Waals surface area contributed by atoms with E-state index in [0.717, 1.165) is 36.8 Å². The van der Waals surface area contributed by atoms with Crippen LogP contribution in [0.25, 0.3) is 11.4 Å². The van der Waals surface area contributed by atoms with Gasteiger partial charge in [-0.3, -0.25) is 0 Å². The third-order valence-electron chi connectivity index (χ3n) is 2.73. The van der Waals surface area contributed by atoms with Gasteiger partial charge in [-0.15, -0.1) is 22.6 Å². The summed E-state index contributed by atoms with van der Waals surface area (Å²) in [6.07, 6.45) is 0. The molecule has 0 unspecified atom stereocenters. The van der Waals surface area contributed by atoms with Crippen LogP contribution >= 0.6 is 12.4 Å². The standard InChI is InChI=1S/C11H11FN4.ClH/c12-9-3-1-8(2-4-9)11-15-14-10-7-13-5-6-16(10)11;/h1-4,13H,5-7H2;1H. The monoisotopic (exact) mass is 254 g/mol. The molecule has 2 aromatic rings. The summed E-state index contributed by atoms with van der Waals surface area (Å²) < 4.78 is 14.9. The minimum Gasteiger partial charge on any atom is -0.309 e. The van der Waals surface area contributed by atoms with Gasteiger partial charge in [-0.05, 0) is 24.3 Å². The summed E-state index contributed by atoms with van der Waals surface area (Å²) >= 11 is 0. The third kappa shape index (κ3) is 2.16. The highest BCUT2D eigenvalue weighted by Gasteiger charge is 2.16. The van der Waals surface area contributed by atoms with Crippen LogP contribution in [0.1, 0.15) is 5.82 Å². The Morgan fingerprint density at radius 3 is 2.71 bits per heavy atom. The average Bonchev–Trinajstić information content (AvgIpc) is 2.74. The van der Waals surface area contributed by atoms with Crippen LogP contribution in [0.15, 0.2) is 24.3 Å². The zero-order chi connectivity index (χ0) is 11.0. The molecule has 1 aliphatic heterocycles. The van der Waals surface area contributed by atoms with E-state index in [9.17, 15) is 4.39 Å². The Kier molecular flexibility index (Phi) is 3.40. The van der Waals surface area contributed by atoms with Crippen LogP contribution in [-0.4, -0.2) is 21.3 Å². The van der Waals surface area contributed by atoms with Gasteiger partial charge < -0.3 is 9.88 Å². The lowest BCUT2D eigenvalue weighted by Gasteiger charge is -2.15. The van der Waals surface area contributed by atoms with Gasteiger partial charge in [0.2, 0.25) is 0 Å². The van der Waals surface area contributed by atoms with Crippen LogP contribution in [0.5, 0.6) is 0 Å². The van der Waals surface area contributed by atoms with E-state index in [2.05, 4.69) is 20.1 Å². The summed E-state index contributed by atoms with van der Waals surface area (Å²) in [7, 11) is 0. The number of nitrogens with zero attached hydrogens (tertiary/aromatic N) is 3. The maximum Gasteiger partial charge on any atom is 0.164 e. The molecule has 90 valence electrons. The molecular formula is C11H12ClFN4. The molecule has 3 rings (SSSR count). The predicted octanol–water partition coefficient (Wildman–Crippen LogP) is 1.61. The third-order valence-corrected chi connectivity index (χ3v) is 2.73. The van der Waals surface area contributed by atoms with Crippen molar-refractivity contribution in [3.8, 4) is 11.4 Å². The van der Waals surface area contributed by atoms with Crippen molar-refractivity contribution < 1.29 is 4.39 Å². The summed E-state index contributed by atoms with van der Waals surface area (Å²) in [6, 6.07) is 6.35. The molecule has 1 aliphatic rings. The number of hydrogen-bond acceptors (Lipinski definition) is 3. The topological polar surface area (TPSA) is 42.7 Å². The Balaban J connectivity index is 0.00000108. The Bertz CT molecular complexity index is 509. The van der Waals surface area contributed by atoms with E-state index < -0.39 is 0 Å². The largest absolute Gasteiger partial charge is 0.309 e. The summed E-state index contributed by atoms with van der Waals surface area (Å²) in [5.74, 6) is 1.52. The second kappa shape index (κ2) is 4.81. The molecule has 0 saturated heterocycles. The fraction of sp³-hybridized carbons (Fsp3) is 0.273. The molecule has 0 bridgehead atoms. The van der Waals surface area contributed by atoms with Crippen LogP contribution < -0.4 is 5.32 Å². The van der Waals surface area contributed by atoms with Gasteiger partial charge in [-0.2, -0.15) is 0 Å². The molecule has 1 aromatic heterocycles. The molecule has 0 saturated carbocycles. The predicted molar refractivity (Wildman–Crippen MR) is 64.4 cm³/mol. The molecule has 1 N–H and O–H groups in total. The zero-order valence-corrected chi connectivity index (χ0v) is 9.88. The average molecular weight is 255 g/mol. The van der Waals surface area contributed by atoms with E-state index in [4.69, 9.17) is 0 Å². The van der Waals surface area contributed by atoms with E-state index in [0.29, 0.717) is 0 Å². The molecule has 0 fully saturated rings. The highest BCUT2D eigenvalue weighted by molar-refractivity contribution is 5.85. The first-order chi connectivity index (χ1) is 7.84. The number of fused-ring (bicyclic) bond motifs is 1. The Hall–Kier alpha value is -1.46. The maximum atomic E-state index is 12.8. The van der Waals surface area contributed by atoms with Crippen LogP contribution in [0.4, 0.5) is 4.39 Å². The number of aromatic nitrogens is 3. The van der Waals surface area contributed by atoms with Gasteiger partial charge in [-0.1, -0.05) is 0 Å². The molecular weight excluding hydrogens is 243 g/mol. The Labute approximate surface area is 104 Å². The van der Waals surface area contributed by atoms with Crippen molar-refractivity contribution in [1.29, 1.82) is 0 Å². The molecule has 1 aromatic carbocycles. The van der Waals surface area contributed by atoms with Gasteiger partial charge in [0.05, 0.1) is 6.54 Å². The lowest BCUT2D eigenvalue weighted by Crippen LogP contribution is -2.28. The van der Waals surface area contributed by atoms with Crippen molar-refractivity contribution in [1.82, 2.24) is 20.1 Å². The van der Waals surface area contributed by atoms with Crippen molar-refractivity contribution in [3.63, 3.8) is 0 Å². The number of rotatable bonds is 1. The second-order valence-corrected chi connectivity index (χ2v) is 3.78. The molecule has 0 radical (unpaired) electrons.